The minimum atomic E-state index is -0.509. The van der Waals surface area contributed by atoms with Crippen molar-refractivity contribution in [1.82, 2.24) is 10.3 Å². The standard InChI is InChI=1S/C20H21N3O2S/c1-12-6-5-7-13(10-12)17-22-15-11-14(8-9-16(15)25-17)21-19(26)23-18(24)20(2,3)4/h5-11H,1-4H3,(H2,21,23,24,26). The van der Waals surface area contributed by atoms with Gasteiger partial charge in [-0.15, -0.1) is 0 Å². The number of fused-ring (bicyclic) bond motifs is 1. The number of anilines is 1. The number of rotatable bonds is 2. The van der Waals surface area contributed by atoms with E-state index in [1.807, 2.05) is 70.2 Å². The van der Waals surface area contributed by atoms with Gasteiger partial charge in [0, 0.05) is 16.7 Å². The molecular formula is C20H21N3O2S. The van der Waals surface area contributed by atoms with Crippen molar-refractivity contribution in [3.05, 3.63) is 48.0 Å². The van der Waals surface area contributed by atoms with E-state index < -0.39 is 5.41 Å². The zero-order valence-electron chi connectivity index (χ0n) is 15.2. The van der Waals surface area contributed by atoms with Crippen LogP contribution in [0.2, 0.25) is 0 Å². The fourth-order valence-corrected chi connectivity index (χ4v) is 2.57. The first kappa shape index (κ1) is 18.1. The molecule has 0 unspecified atom stereocenters. The lowest BCUT2D eigenvalue weighted by Gasteiger charge is -2.18. The third kappa shape index (κ3) is 4.08. The Bertz CT molecular complexity index is 986. The van der Waals surface area contributed by atoms with Gasteiger partial charge in [-0.25, -0.2) is 4.98 Å². The van der Waals surface area contributed by atoms with Gasteiger partial charge < -0.3 is 15.1 Å². The molecule has 0 bridgehead atoms. The number of benzene rings is 2. The summed E-state index contributed by atoms with van der Waals surface area (Å²) in [4.78, 5) is 16.6. The van der Waals surface area contributed by atoms with Crippen molar-refractivity contribution in [2.75, 3.05) is 5.32 Å². The molecule has 0 aliphatic heterocycles. The topological polar surface area (TPSA) is 67.2 Å². The van der Waals surface area contributed by atoms with Crippen LogP contribution >= 0.6 is 12.2 Å². The smallest absolute Gasteiger partial charge is 0.231 e. The van der Waals surface area contributed by atoms with E-state index in [4.69, 9.17) is 16.6 Å². The number of aryl methyl sites for hydroxylation is 1. The number of hydrogen-bond donors (Lipinski definition) is 2. The first-order valence-corrected chi connectivity index (χ1v) is 8.73. The zero-order chi connectivity index (χ0) is 18.9. The average Bonchev–Trinajstić information content (AvgIpc) is 2.97. The van der Waals surface area contributed by atoms with Crippen molar-refractivity contribution in [2.24, 2.45) is 5.41 Å². The quantitative estimate of drug-likeness (QED) is 0.645. The Morgan fingerprint density at radius 1 is 1.15 bits per heavy atom. The van der Waals surface area contributed by atoms with Crippen LogP contribution in [0.25, 0.3) is 22.6 Å². The van der Waals surface area contributed by atoms with E-state index >= 15 is 0 Å². The lowest BCUT2D eigenvalue weighted by Crippen LogP contribution is -2.41. The van der Waals surface area contributed by atoms with Crippen LogP contribution in [0.4, 0.5) is 5.69 Å². The van der Waals surface area contributed by atoms with E-state index in [1.54, 1.807) is 0 Å². The van der Waals surface area contributed by atoms with E-state index in [0.29, 0.717) is 11.5 Å². The highest BCUT2D eigenvalue weighted by atomic mass is 32.1. The maximum Gasteiger partial charge on any atom is 0.231 e. The molecular weight excluding hydrogens is 346 g/mol. The van der Waals surface area contributed by atoms with Crippen LogP contribution in [-0.2, 0) is 4.79 Å². The van der Waals surface area contributed by atoms with Gasteiger partial charge in [-0.3, -0.25) is 4.79 Å². The minimum absolute atomic E-state index is 0.140. The van der Waals surface area contributed by atoms with E-state index in [0.717, 1.165) is 22.3 Å². The highest BCUT2D eigenvalue weighted by Crippen LogP contribution is 2.26. The SMILES string of the molecule is Cc1cccc(-c2nc3cc(NC(=S)NC(=O)C(C)(C)C)ccc3o2)c1. The maximum atomic E-state index is 12.0. The third-order valence-corrected chi connectivity index (χ3v) is 4.02. The molecule has 0 atom stereocenters. The van der Waals surface area contributed by atoms with E-state index in [9.17, 15) is 4.79 Å². The predicted octanol–water partition coefficient (Wildman–Crippen LogP) is 4.66. The molecule has 0 spiro atoms. The number of nitrogens with one attached hydrogen (secondary N) is 2. The second kappa shape index (κ2) is 6.88. The van der Waals surface area contributed by atoms with Crippen LogP contribution in [0.5, 0.6) is 0 Å². The predicted molar refractivity (Wildman–Crippen MR) is 108 cm³/mol. The molecule has 26 heavy (non-hydrogen) atoms. The van der Waals surface area contributed by atoms with E-state index in [1.165, 1.54) is 0 Å². The summed E-state index contributed by atoms with van der Waals surface area (Å²) in [5, 5.41) is 5.96. The Hall–Kier alpha value is -2.73. The van der Waals surface area contributed by atoms with Gasteiger partial charge in [0.25, 0.3) is 0 Å². The monoisotopic (exact) mass is 367 g/mol. The van der Waals surface area contributed by atoms with Gasteiger partial charge in [0.1, 0.15) is 5.52 Å². The van der Waals surface area contributed by atoms with Crippen molar-refractivity contribution in [2.45, 2.75) is 27.7 Å². The molecule has 0 aliphatic carbocycles. The number of carbonyl (C=O) groups excluding carboxylic acids is 1. The molecule has 1 heterocycles. The maximum absolute atomic E-state index is 12.0. The number of hydrogen-bond acceptors (Lipinski definition) is 4. The molecule has 0 radical (unpaired) electrons. The van der Waals surface area contributed by atoms with Gasteiger partial charge in [0.15, 0.2) is 10.7 Å². The van der Waals surface area contributed by atoms with Crippen molar-refractivity contribution in [3.8, 4) is 11.5 Å². The highest BCUT2D eigenvalue weighted by Gasteiger charge is 2.22. The van der Waals surface area contributed by atoms with Gasteiger partial charge in [0.2, 0.25) is 11.8 Å². The van der Waals surface area contributed by atoms with Crippen molar-refractivity contribution in [1.29, 1.82) is 0 Å². The molecule has 1 aromatic heterocycles. The fourth-order valence-electron chi connectivity index (χ4n) is 2.36. The van der Waals surface area contributed by atoms with Crippen LogP contribution in [-0.4, -0.2) is 16.0 Å². The van der Waals surface area contributed by atoms with Crippen LogP contribution < -0.4 is 10.6 Å². The van der Waals surface area contributed by atoms with Crippen LogP contribution in [0.15, 0.2) is 46.9 Å². The highest BCUT2D eigenvalue weighted by molar-refractivity contribution is 7.80. The molecule has 6 heteroatoms. The van der Waals surface area contributed by atoms with E-state index in [-0.39, 0.29) is 11.0 Å². The Morgan fingerprint density at radius 2 is 1.92 bits per heavy atom. The largest absolute Gasteiger partial charge is 0.436 e. The van der Waals surface area contributed by atoms with Crippen molar-refractivity contribution < 1.29 is 9.21 Å². The Morgan fingerprint density at radius 3 is 2.62 bits per heavy atom. The second-order valence-electron chi connectivity index (χ2n) is 7.23. The molecule has 0 fully saturated rings. The average molecular weight is 367 g/mol. The second-order valence-corrected chi connectivity index (χ2v) is 7.64. The summed E-state index contributed by atoms with van der Waals surface area (Å²) in [5.74, 6) is 0.434. The summed E-state index contributed by atoms with van der Waals surface area (Å²) in [6.07, 6.45) is 0. The van der Waals surface area contributed by atoms with Crippen LogP contribution in [0, 0.1) is 12.3 Å². The molecule has 0 saturated heterocycles. The zero-order valence-corrected chi connectivity index (χ0v) is 16.0. The molecule has 3 aromatic rings. The third-order valence-electron chi connectivity index (χ3n) is 3.82. The van der Waals surface area contributed by atoms with Crippen molar-refractivity contribution >= 4 is 40.0 Å². The number of oxazole rings is 1. The van der Waals surface area contributed by atoms with Crippen LogP contribution in [0.3, 0.4) is 0 Å². The number of carbonyl (C=O) groups is 1. The summed E-state index contributed by atoms with van der Waals surface area (Å²) >= 11 is 5.21. The lowest BCUT2D eigenvalue weighted by atomic mass is 9.96. The Kier molecular flexibility index (Phi) is 4.78. The molecule has 2 N–H and O–H groups in total. The molecule has 1 amide bonds. The number of thiocarbonyl (C=S) groups is 1. The summed E-state index contributed by atoms with van der Waals surface area (Å²) in [7, 11) is 0. The first-order valence-electron chi connectivity index (χ1n) is 8.32. The van der Waals surface area contributed by atoms with E-state index in [2.05, 4.69) is 15.6 Å². The molecule has 5 nitrogen and oxygen atoms in total. The van der Waals surface area contributed by atoms with Gasteiger partial charge in [-0.05, 0) is 49.5 Å². The lowest BCUT2D eigenvalue weighted by molar-refractivity contribution is -0.126. The van der Waals surface area contributed by atoms with Crippen LogP contribution in [0.1, 0.15) is 26.3 Å². The van der Waals surface area contributed by atoms with Gasteiger partial charge >= 0.3 is 0 Å². The summed E-state index contributed by atoms with van der Waals surface area (Å²) in [5.41, 5.74) is 3.72. The molecule has 0 aliphatic rings. The normalized spacial score (nSPS) is 11.4. The van der Waals surface area contributed by atoms with Crippen molar-refractivity contribution in [3.63, 3.8) is 0 Å². The molecule has 2 aromatic carbocycles. The fraction of sp³-hybridized carbons (Fsp3) is 0.250. The molecule has 0 saturated carbocycles. The number of aromatic nitrogens is 1. The minimum Gasteiger partial charge on any atom is -0.436 e. The summed E-state index contributed by atoms with van der Waals surface area (Å²) in [6, 6.07) is 13.5. The summed E-state index contributed by atoms with van der Waals surface area (Å²) < 4.78 is 5.84. The van der Waals surface area contributed by atoms with Gasteiger partial charge in [-0.1, -0.05) is 38.5 Å². The number of amides is 1. The summed E-state index contributed by atoms with van der Waals surface area (Å²) in [6.45, 7) is 7.53. The molecule has 3 rings (SSSR count). The Labute approximate surface area is 157 Å². The Balaban J connectivity index is 1.79. The van der Waals surface area contributed by atoms with Gasteiger partial charge in [0.05, 0.1) is 0 Å². The number of nitrogens with zero attached hydrogens (tertiary/aromatic N) is 1. The first-order chi connectivity index (χ1) is 12.2. The van der Waals surface area contributed by atoms with Gasteiger partial charge in [-0.2, -0.15) is 0 Å². The molecule has 134 valence electrons.